The van der Waals surface area contributed by atoms with Crippen molar-refractivity contribution in [2.45, 2.75) is 12.1 Å². The summed E-state index contributed by atoms with van der Waals surface area (Å²) in [7, 11) is 0. The van der Waals surface area contributed by atoms with Crippen LogP contribution >= 0.6 is 0 Å². The van der Waals surface area contributed by atoms with Crippen LogP contribution in [0.15, 0.2) is 84.9 Å². The number of carbonyl (C=O) groups is 2. The van der Waals surface area contributed by atoms with Gasteiger partial charge in [0.15, 0.2) is 6.61 Å². The van der Waals surface area contributed by atoms with Gasteiger partial charge in [-0.2, -0.15) is 13.2 Å². The Morgan fingerprint density at radius 2 is 1.40 bits per heavy atom. The highest BCUT2D eigenvalue weighted by Crippen LogP contribution is 2.30. The first-order valence-electron chi connectivity index (χ1n) is 9.08. The molecule has 154 valence electrons. The fourth-order valence-electron chi connectivity index (χ4n) is 2.95. The highest BCUT2D eigenvalue weighted by atomic mass is 19.4. The fraction of sp³-hybridized carbons (Fsp3) is 0.130. The fourth-order valence-corrected chi connectivity index (χ4v) is 2.95. The lowest BCUT2D eigenvalue weighted by molar-refractivity contribution is -0.147. The second-order valence-electron chi connectivity index (χ2n) is 6.49. The van der Waals surface area contributed by atoms with Crippen molar-refractivity contribution in [3.63, 3.8) is 0 Å². The lowest BCUT2D eigenvalue weighted by atomic mass is 9.91. The van der Waals surface area contributed by atoms with Gasteiger partial charge in [0.1, 0.15) is 5.92 Å². The number of amides is 1. The van der Waals surface area contributed by atoms with Crippen LogP contribution in [0.1, 0.15) is 22.6 Å². The summed E-state index contributed by atoms with van der Waals surface area (Å²) in [6, 6.07) is 22.1. The number of ether oxygens (including phenoxy) is 1. The molecule has 0 aliphatic rings. The molecule has 3 rings (SSSR count). The van der Waals surface area contributed by atoms with Crippen LogP contribution in [0.25, 0.3) is 0 Å². The number of rotatable bonds is 6. The molecule has 0 aliphatic heterocycles. The molecule has 30 heavy (non-hydrogen) atoms. The van der Waals surface area contributed by atoms with E-state index in [-0.39, 0.29) is 5.69 Å². The van der Waals surface area contributed by atoms with Gasteiger partial charge in [-0.05, 0) is 29.3 Å². The summed E-state index contributed by atoms with van der Waals surface area (Å²) in [6.45, 7) is -0.620. The van der Waals surface area contributed by atoms with Crippen LogP contribution in [0.5, 0.6) is 0 Å². The van der Waals surface area contributed by atoms with Crippen molar-refractivity contribution in [3.8, 4) is 0 Å². The zero-order valence-electron chi connectivity index (χ0n) is 15.7. The van der Waals surface area contributed by atoms with Crippen LogP contribution in [0.2, 0.25) is 0 Å². The molecule has 0 bridgehead atoms. The maximum Gasteiger partial charge on any atom is 0.416 e. The second kappa shape index (κ2) is 9.26. The summed E-state index contributed by atoms with van der Waals surface area (Å²) in [6.07, 6.45) is -4.52. The summed E-state index contributed by atoms with van der Waals surface area (Å²) < 4.78 is 43.5. The molecule has 0 fully saturated rings. The van der Waals surface area contributed by atoms with E-state index in [1.807, 2.05) is 12.1 Å². The van der Waals surface area contributed by atoms with Crippen molar-refractivity contribution in [2.24, 2.45) is 0 Å². The van der Waals surface area contributed by atoms with Crippen molar-refractivity contribution in [1.29, 1.82) is 0 Å². The maximum atomic E-state index is 12.8. The standard InChI is InChI=1S/C23H18F3NO3/c24-23(25,26)18-12-7-13-19(14-18)27-20(28)15-30-22(29)21(16-8-3-1-4-9-16)17-10-5-2-6-11-17/h1-14,21H,15H2,(H,27,28). The van der Waals surface area contributed by atoms with E-state index in [4.69, 9.17) is 4.74 Å². The van der Waals surface area contributed by atoms with Gasteiger partial charge in [0.05, 0.1) is 5.56 Å². The molecule has 0 saturated carbocycles. The summed E-state index contributed by atoms with van der Waals surface area (Å²) >= 11 is 0. The average molecular weight is 413 g/mol. The molecule has 0 heterocycles. The number of benzene rings is 3. The first-order chi connectivity index (χ1) is 14.3. The molecule has 1 N–H and O–H groups in total. The van der Waals surface area contributed by atoms with Gasteiger partial charge in [0.25, 0.3) is 5.91 Å². The minimum atomic E-state index is -4.52. The summed E-state index contributed by atoms with van der Waals surface area (Å²) in [5, 5.41) is 2.31. The topological polar surface area (TPSA) is 55.4 Å². The quantitative estimate of drug-likeness (QED) is 0.578. The van der Waals surface area contributed by atoms with Gasteiger partial charge in [-0.25, -0.2) is 0 Å². The third kappa shape index (κ3) is 5.47. The maximum absolute atomic E-state index is 12.8. The lowest BCUT2D eigenvalue weighted by Crippen LogP contribution is -2.24. The molecule has 3 aromatic rings. The number of anilines is 1. The molecular formula is C23H18F3NO3. The molecule has 7 heteroatoms. The normalized spacial score (nSPS) is 11.2. The highest BCUT2D eigenvalue weighted by Gasteiger charge is 2.30. The average Bonchev–Trinajstić information content (AvgIpc) is 2.74. The number of nitrogens with one attached hydrogen (secondary N) is 1. The van der Waals surface area contributed by atoms with Crippen LogP contribution < -0.4 is 5.32 Å². The SMILES string of the molecule is O=C(COC(=O)C(c1ccccc1)c1ccccc1)Nc1cccc(C(F)(F)F)c1. The van der Waals surface area contributed by atoms with E-state index in [1.54, 1.807) is 48.5 Å². The van der Waals surface area contributed by atoms with Crippen LogP contribution in [-0.4, -0.2) is 18.5 Å². The van der Waals surface area contributed by atoms with Crippen molar-refractivity contribution >= 4 is 17.6 Å². The molecule has 3 aromatic carbocycles. The summed E-state index contributed by atoms with van der Waals surface area (Å²) in [4.78, 5) is 24.8. The van der Waals surface area contributed by atoms with E-state index in [1.165, 1.54) is 12.1 Å². The zero-order valence-corrected chi connectivity index (χ0v) is 15.7. The lowest BCUT2D eigenvalue weighted by Gasteiger charge is -2.17. The monoisotopic (exact) mass is 413 g/mol. The van der Waals surface area contributed by atoms with Gasteiger partial charge in [-0.1, -0.05) is 66.7 Å². The van der Waals surface area contributed by atoms with Crippen LogP contribution in [0.3, 0.4) is 0 Å². The second-order valence-corrected chi connectivity index (χ2v) is 6.49. The molecule has 0 unspecified atom stereocenters. The molecule has 4 nitrogen and oxygen atoms in total. The highest BCUT2D eigenvalue weighted by molar-refractivity contribution is 5.93. The molecular weight excluding hydrogens is 395 g/mol. The Balaban J connectivity index is 1.68. The van der Waals surface area contributed by atoms with Crippen LogP contribution in [-0.2, 0) is 20.5 Å². The van der Waals surface area contributed by atoms with E-state index in [2.05, 4.69) is 5.32 Å². The molecule has 0 aliphatic carbocycles. The largest absolute Gasteiger partial charge is 0.455 e. The Kier molecular flexibility index (Phi) is 6.51. The molecule has 0 radical (unpaired) electrons. The van der Waals surface area contributed by atoms with Crippen molar-refractivity contribution in [3.05, 3.63) is 102 Å². The summed E-state index contributed by atoms with van der Waals surface area (Å²) in [5.41, 5.74) is 0.484. The zero-order chi connectivity index (χ0) is 21.6. The Morgan fingerprint density at radius 1 is 0.833 bits per heavy atom. The smallest absolute Gasteiger partial charge is 0.416 e. The van der Waals surface area contributed by atoms with Gasteiger partial charge in [-0.15, -0.1) is 0 Å². The Bertz CT molecular complexity index is 965. The van der Waals surface area contributed by atoms with E-state index in [0.29, 0.717) is 11.1 Å². The number of hydrogen-bond acceptors (Lipinski definition) is 3. The Morgan fingerprint density at radius 3 is 1.93 bits per heavy atom. The molecule has 1 amide bonds. The van der Waals surface area contributed by atoms with Crippen molar-refractivity contribution in [2.75, 3.05) is 11.9 Å². The van der Waals surface area contributed by atoms with E-state index in [0.717, 1.165) is 12.1 Å². The molecule has 0 saturated heterocycles. The van der Waals surface area contributed by atoms with Crippen LogP contribution in [0, 0.1) is 0 Å². The van der Waals surface area contributed by atoms with Gasteiger partial charge < -0.3 is 10.1 Å². The van der Waals surface area contributed by atoms with E-state index in [9.17, 15) is 22.8 Å². The van der Waals surface area contributed by atoms with Gasteiger partial charge in [0, 0.05) is 5.69 Å². The minimum absolute atomic E-state index is 0.0338. The van der Waals surface area contributed by atoms with Crippen molar-refractivity contribution in [1.82, 2.24) is 0 Å². The number of halogens is 3. The number of hydrogen-bond donors (Lipinski definition) is 1. The number of carbonyl (C=O) groups excluding carboxylic acids is 2. The predicted molar refractivity (Wildman–Crippen MR) is 106 cm³/mol. The number of esters is 1. The third-order valence-electron chi connectivity index (χ3n) is 4.32. The van der Waals surface area contributed by atoms with E-state index < -0.39 is 36.1 Å². The summed E-state index contributed by atoms with van der Waals surface area (Å²) in [5.74, 6) is -2.09. The van der Waals surface area contributed by atoms with Gasteiger partial charge in [-0.3, -0.25) is 9.59 Å². The Labute approximate surface area is 171 Å². The first-order valence-corrected chi connectivity index (χ1v) is 9.08. The van der Waals surface area contributed by atoms with Crippen molar-refractivity contribution < 1.29 is 27.5 Å². The first kappa shape index (κ1) is 21.1. The predicted octanol–water partition coefficient (Wildman–Crippen LogP) is 5.02. The Hall–Kier alpha value is -3.61. The minimum Gasteiger partial charge on any atom is -0.455 e. The van der Waals surface area contributed by atoms with Gasteiger partial charge in [0.2, 0.25) is 0 Å². The van der Waals surface area contributed by atoms with Gasteiger partial charge >= 0.3 is 12.1 Å². The third-order valence-corrected chi connectivity index (χ3v) is 4.32. The number of alkyl halides is 3. The van der Waals surface area contributed by atoms with E-state index >= 15 is 0 Å². The molecule has 0 spiro atoms. The van der Waals surface area contributed by atoms with Crippen LogP contribution in [0.4, 0.5) is 18.9 Å². The molecule has 0 atom stereocenters. The molecule has 0 aromatic heterocycles.